The van der Waals surface area contributed by atoms with Gasteiger partial charge in [0.15, 0.2) is 5.96 Å². The molecule has 1 aromatic carbocycles. The summed E-state index contributed by atoms with van der Waals surface area (Å²) in [5, 5.41) is 7.57. The van der Waals surface area contributed by atoms with E-state index in [0.717, 1.165) is 49.3 Å². The molecule has 2 atom stereocenters. The van der Waals surface area contributed by atoms with Crippen LogP contribution in [-0.2, 0) is 0 Å². The summed E-state index contributed by atoms with van der Waals surface area (Å²) in [6, 6.07) is 8.49. The van der Waals surface area contributed by atoms with Crippen LogP contribution in [0.1, 0.15) is 25.5 Å². The normalized spacial score (nSPS) is 21.5. The predicted molar refractivity (Wildman–Crippen MR) is 103 cm³/mol. The van der Waals surface area contributed by atoms with Crippen molar-refractivity contribution in [2.75, 3.05) is 46.8 Å². The average molecular weight is 352 g/mol. The van der Waals surface area contributed by atoms with Crippen LogP contribution in [0.5, 0.6) is 0 Å². The minimum Gasteiger partial charge on any atom is -0.357 e. The lowest BCUT2D eigenvalue weighted by atomic mass is 10.1. The van der Waals surface area contributed by atoms with E-state index in [4.69, 9.17) is 16.6 Å². The Morgan fingerprint density at radius 1 is 1.33 bits per heavy atom. The smallest absolute Gasteiger partial charge is 0.191 e. The molecule has 0 radical (unpaired) electrons. The molecule has 0 aromatic heterocycles. The summed E-state index contributed by atoms with van der Waals surface area (Å²) in [7, 11) is 4.35. The highest BCUT2D eigenvalue weighted by molar-refractivity contribution is 6.31. The monoisotopic (exact) mass is 351 g/mol. The Labute approximate surface area is 151 Å². The molecule has 0 spiro atoms. The lowest BCUT2D eigenvalue weighted by Gasteiger charge is -2.37. The van der Waals surface area contributed by atoms with E-state index in [1.807, 2.05) is 24.3 Å². The van der Waals surface area contributed by atoms with Crippen molar-refractivity contribution in [3.63, 3.8) is 0 Å². The molecule has 24 heavy (non-hydrogen) atoms. The van der Waals surface area contributed by atoms with E-state index in [0.29, 0.717) is 6.04 Å². The fourth-order valence-corrected chi connectivity index (χ4v) is 3.22. The third-order valence-electron chi connectivity index (χ3n) is 4.51. The first-order valence-corrected chi connectivity index (χ1v) is 9.07. The molecular weight excluding hydrogens is 322 g/mol. The molecule has 134 valence electrons. The molecule has 1 heterocycles. The van der Waals surface area contributed by atoms with Crippen molar-refractivity contribution in [2.24, 2.45) is 4.99 Å². The van der Waals surface area contributed by atoms with Crippen LogP contribution in [0.15, 0.2) is 29.3 Å². The van der Waals surface area contributed by atoms with Crippen LogP contribution >= 0.6 is 11.6 Å². The molecule has 1 aliphatic rings. The van der Waals surface area contributed by atoms with Crippen molar-refractivity contribution < 1.29 is 0 Å². The van der Waals surface area contributed by atoms with E-state index in [-0.39, 0.29) is 6.04 Å². The molecular formula is C18H30ClN5. The first-order valence-electron chi connectivity index (χ1n) is 8.69. The predicted octanol–water partition coefficient (Wildman–Crippen LogP) is 2.20. The third kappa shape index (κ3) is 5.36. The Kier molecular flexibility index (Phi) is 7.34. The van der Waals surface area contributed by atoms with Gasteiger partial charge in [-0.2, -0.15) is 0 Å². The summed E-state index contributed by atoms with van der Waals surface area (Å²) >= 11 is 6.30. The Bertz CT molecular complexity index is 548. The Hall–Kier alpha value is -1.30. The van der Waals surface area contributed by atoms with E-state index in [1.165, 1.54) is 0 Å². The fraction of sp³-hybridized carbons (Fsp3) is 0.611. The maximum atomic E-state index is 6.30. The number of hydrogen-bond donors (Lipinski definition) is 2. The molecule has 1 aliphatic heterocycles. The number of nitrogens with zero attached hydrogens (tertiary/aromatic N) is 3. The van der Waals surface area contributed by atoms with Crippen molar-refractivity contribution in [1.29, 1.82) is 0 Å². The van der Waals surface area contributed by atoms with Gasteiger partial charge in [-0.25, -0.2) is 0 Å². The number of nitrogens with one attached hydrogen (secondary N) is 2. The first kappa shape index (κ1) is 19.0. The molecule has 0 amide bonds. The minimum absolute atomic E-state index is 0.100. The number of likely N-dealkylation sites (N-methyl/N-ethyl adjacent to an activating group) is 2. The van der Waals surface area contributed by atoms with Gasteiger partial charge in [0.25, 0.3) is 0 Å². The number of aliphatic imine (C=N–C) groups is 1. The summed E-state index contributed by atoms with van der Waals surface area (Å²) in [6.45, 7) is 9.08. The van der Waals surface area contributed by atoms with Crippen LogP contribution in [0.4, 0.5) is 0 Å². The lowest BCUT2D eigenvalue weighted by molar-refractivity contribution is 0.119. The topological polar surface area (TPSA) is 42.9 Å². The van der Waals surface area contributed by atoms with Gasteiger partial charge in [-0.1, -0.05) is 29.8 Å². The second-order valence-electron chi connectivity index (χ2n) is 6.50. The van der Waals surface area contributed by atoms with Gasteiger partial charge < -0.3 is 15.5 Å². The lowest BCUT2D eigenvalue weighted by Crippen LogP contribution is -2.51. The molecule has 0 saturated carbocycles. The van der Waals surface area contributed by atoms with Gasteiger partial charge in [0.1, 0.15) is 0 Å². The molecule has 1 saturated heterocycles. The highest BCUT2D eigenvalue weighted by Gasteiger charge is 2.22. The van der Waals surface area contributed by atoms with Crippen molar-refractivity contribution in [3.05, 3.63) is 34.9 Å². The Balaban J connectivity index is 2.01. The molecule has 6 heteroatoms. The largest absolute Gasteiger partial charge is 0.357 e. The van der Waals surface area contributed by atoms with Crippen molar-refractivity contribution in [2.45, 2.75) is 25.9 Å². The van der Waals surface area contributed by atoms with Gasteiger partial charge in [0.05, 0.1) is 12.6 Å². The second-order valence-corrected chi connectivity index (χ2v) is 6.91. The summed E-state index contributed by atoms with van der Waals surface area (Å²) in [5.41, 5.74) is 1.08. The molecule has 2 rings (SSSR count). The summed E-state index contributed by atoms with van der Waals surface area (Å²) in [5.74, 6) is 0.839. The third-order valence-corrected chi connectivity index (χ3v) is 4.85. The molecule has 0 bridgehead atoms. The number of piperazine rings is 1. The fourth-order valence-electron chi connectivity index (χ4n) is 2.92. The molecule has 2 N–H and O–H groups in total. The van der Waals surface area contributed by atoms with Gasteiger partial charge in [-0.15, -0.1) is 0 Å². The zero-order chi connectivity index (χ0) is 17.5. The van der Waals surface area contributed by atoms with Crippen molar-refractivity contribution in [3.8, 4) is 0 Å². The van der Waals surface area contributed by atoms with Gasteiger partial charge >= 0.3 is 0 Å². The van der Waals surface area contributed by atoms with E-state index < -0.39 is 0 Å². The van der Waals surface area contributed by atoms with Crippen LogP contribution < -0.4 is 10.6 Å². The number of halogens is 1. The summed E-state index contributed by atoms with van der Waals surface area (Å²) < 4.78 is 0. The van der Waals surface area contributed by atoms with E-state index >= 15 is 0 Å². The van der Waals surface area contributed by atoms with E-state index in [2.05, 4.69) is 48.4 Å². The van der Waals surface area contributed by atoms with Crippen molar-refractivity contribution >= 4 is 17.6 Å². The summed E-state index contributed by atoms with van der Waals surface area (Å²) in [6.07, 6.45) is 0. The van der Waals surface area contributed by atoms with Crippen LogP contribution in [0, 0.1) is 0 Å². The highest BCUT2D eigenvalue weighted by Crippen LogP contribution is 2.21. The number of rotatable bonds is 5. The molecule has 0 aliphatic carbocycles. The zero-order valence-electron chi connectivity index (χ0n) is 15.2. The highest BCUT2D eigenvalue weighted by atomic mass is 35.5. The standard InChI is InChI=1S/C18H30ClN5/c1-5-20-18(21-12-15-13-23(3)10-11-24(15)4)22-14(2)16-8-6-7-9-17(16)19/h6-9,14-15H,5,10-13H2,1-4H3,(H2,20,21,22). The number of benzene rings is 1. The van der Waals surface area contributed by atoms with Crippen molar-refractivity contribution in [1.82, 2.24) is 20.4 Å². The van der Waals surface area contributed by atoms with Gasteiger partial charge in [0, 0.05) is 37.2 Å². The van der Waals surface area contributed by atoms with E-state index in [9.17, 15) is 0 Å². The van der Waals surface area contributed by atoms with Crippen LogP contribution in [0.3, 0.4) is 0 Å². The maximum absolute atomic E-state index is 6.30. The van der Waals surface area contributed by atoms with Gasteiger partial charge in [0.2, 0.25) is 0 Å². The van der Waals surface area contributed by atoms with Crippen LogP contribution in [0.25, 0.3) is 0 Å². The minimum atomic E-state index is 0.100. The SMILES string of the molecule is CCNC(=NCC1CN(C)CCN1C)NC(C)c1ccccc1Cl. The zero-order valence-corrected chi connectivity index (χ0v) is 16.0. The Morgan fingerprint density at radius 3 is 2.79 bits per heavy atom. The number of guanidine groups is 1. The van der Waals surface area contributed by atoms with Gasteiger partial charge in [-0.3, -0.25) is 9.89 Å². The molecule has 1 fully saturated rings. The van der Waals surface area contributed by atoms with E-state index in [1.54, 1.807) is 0 Å². The summed E-state index contributed by atoms with van der Waals surface area (Å²) in [4.78, 5) is 9.56. The van der Waals surface area contributed by atoms with Crippen LogP contribution in [-0.4, -0.2) is 68.6 Å². The first-order chi connectivity index (χ1) is 11.5. The van der Waals surface area contributed by atoms with Gasteiger partial charge in [-0.05, 0) is 39.6 Å². The molecule has 1 aromatic rings. The average Bonchev–Trinajstić information content (AvgIpc) is 2.56. The molecule has 2 unspecified atom stereocenters. The second kappa shape index (κ2) is 9.25. The Morgan fingerprint density at radius 2 is 2.08 bits per heavy atom. The maximum Gasteiger partial charge on any atom is 0.191 e. The van der Waals surface area contributed by atoms with Crippen LogP contribution in [0.2, 0.25) is 5.02 Å². The number of hydrogen-bond acceptors (Lipinski definition) is 3. The molecule has 5 nitrogen and oxygen atoms in total. The quantitative estimate of drug-likeness (QED) is 0.630.